The Morgan fingerprint density at radius 3 is 2.83 bits per heavy atom. The Balaban J connectivity index is 0.00000162. The number of nitrogens with one attached hydrogen (secondary N) is 2. The zero-order chi connectivity index (χ0) is 12.3. The van der Waals surface area contributed by atoms with Gasteiger partial charge in [0.15, 0.2) is 0 Å². The molecule has 2 unspecified atom stereocenters. The zero-order valence-corrected chi connectivity index (χ0v) is 13.3. The van der Waals surface area contributed by atoms with Gasteiger partial charge in [0.1, 0.15) is 0 Å². The lowest BCUT2D eigenvalue weighted by molar-refractivity contribution is 0.0914. The largest absolute Gasteiger partial charge is 0.348 e. The average Bonchev–Trinajstić information content (AvgIpc) is 2.32. The first-order chi connectivity index (χ1) is 8.18. The molecule has 1 aliphatic heterocycles. The van der Waals surface area contributed by atoms with Crippen LogP contribution in [0.4, 0.5) is 0 Å². The van der Waals surface area contributed by atoms with Gasteiger partial charge in [-0.05, 0) is 53.6 Å². The number of amides is 1. The first kappa shape index (κ1) is 15.7. The number of benzene rings is 1. The number of halogens is 2. The molecule has 1 heterocycles. The second kappa shape index (κ2) is 7.31. The van der Waals surface area contributed by atoms with Crippen LogP contribution in [0.1, 0.15) is 23.7 Å². The van der Waals surface area contributed by atoms with E-state index >= 15 is 0 Å². The van der Waals surface area contributed by atoms with Crippen molar-refractivity contribution < 1.29 is 4.79 Å². The van der Waals surface area contributed by atoms with Gasteiger partial charge in [-0.2, -0.15) is 0 Å². The van der Waals surface area contributed by atoms with Crippen LogP contribution in [0.2, 0.25) is 0 Å². The maximum Gasteiger partial charge on any atom is 0.252 e. The Labute approximate surface area is 128 Å². The standard InChI is InChI=1S/C13H17IN2O.ClH/c1-9-6-7-15-8-12(9)16-13(17)10-4-2-3-5-11(10)14;/h2-5,9,12,15H,6-8H2,1H3,(H,16,17);1H. The molecule has 0 aromatic heterocycles. The number of hydrogen-bond donors (Lipinski definition) is 2. The van der Waals surface area contributed by atoms with Crippen LogP contribution >= 0.6 is 35.0 Å². The van der Waals surface area contributed by atoms with Gasteiger partial charge in [0.2, 0.25) is 0 Å². The first-order valence-electron chi connectivity index (χ1n) is 5.94. The quantitative estimate of drug-likeness (QED) is 0.774. The van der Waals surface area contributed by atoms with Gasteiger partial charge in [-0.15, -0.1) is 12.4 Å². The summed E-state index contributed by atoms with van der Waals surface area (Å²) in [7, 11) is 0. The minimum absolute atomic E-state index is 0. The van der Waals surface area contributed by atoms with Gasteiger partial charge in [-0.1, -0.05) is 19.1 Å². The molecule has 2 rings (SSSR count). The van der Waals surface area contributed by atoms with Crippen molar-refractivity contribution in [3.05, 3.63) is 33.4 Å². The van der Waals surface area contributed by atoms with Crippen molar-refractivity contribution >= 4 is 40.9 Å². The van der Waals surface area contributed by atoms with Crippen molar-refractivity contribution in [2.45, 2.75) is 19.4 Å². The summed E-state index contributed by atoms with van der Waals surface area (Å²) in [5.41, 5.74) is 0.769. The number of piperidine rings is 1. The first-order valence-corrected chi connectivity index (χ1v) is 7.02. The van der Waals surface area contributed by atoms with Crippen molar-refractivity contribution in [1.82, 2.24) is 10.6 Å². The predicted molar refractivity (Wildman–Crippen MR) is 84.3 cm³/mol. The third-order valence-corrected chi connectivity index (χ3v) is 4.20. The van der Waals surface area contributed by atoms with E-state index < -0.39 is 0 Å². The van der Waals surface area contributed by atoms with Crippen LogP contribution in [0.15, 0.2) is 24.3 Å². The molecule has 1 aromatic carbocycles. The highest BCUT2D eigenvalue weighted by Crippen LogP contribution is 2.14. The molecular weight excluding hydrogens is 363 g/mol. The molecule has 3 nitrogen and oxygen atoms in total. The third kappa shape index (κ3) is 3.83. The normalized spacial score (nSPS) is 23.0. The van der Waals surface area contributed by atoms with E-state index in [4.69, 9.17) is 0 Å². The Morgan fingerprint density at radius 2 is 2.17 bits per heavy atom. The van der Waals surface area contributed by atoms with Crippen molar-refractivity contribution in [3.63, 3.8) is 0 Å². The van der Waals surface area contributed by atoms with E-state index in [0.29, 0.717) is 5.92 Å². The molecule has 0 aliphatic carbocycles. The smallest absolute Gasteiger partial charge is 0.252 e. The molecule has 5 heteroatoms. The van der Waals surface area contributed by atoms with Crippen LogP contribution in [0.5, 0.6) is 0 Å². The van der Waals surface area contributed by atoms with Crippen LogP contribution in [0.3, 0.4) is 0 Å². The second-order valence-electron chi connectivity index (χ2n) is 4.53. The van der Waals surface area contributed by atoms with Crippen molar-refractivity contribution in [1.29, 1.82) is 0 Å². The molecule has 18 heavy (non-hydrogen) atoms. The average molecular weight is 381 g/mol. The molecule has 1 amide bonds. The Morgan fingerprint density at radius 1 is 1.44 bits per heavy atom. The van der Waals surface area contributed by atoms with Gasteiger partial charge < -0.3 is 10.6 Å². The van der Waals surface area contributed by atoms with Crippen molar-refractivity contribution in [2.24, 2.45) is 5.92 Å². The molecule has 1 fully saturated rings. The summed E-state index contributed by atoms with van der Waals surface area (Å²) in [5.74, 6) is 0.581. The lowest BCUT2D eigenvalue weighted by atomic mass is 9.94. The highest BCUT2D eigenvalue weighted by molar-refractivity contribution is 14.1. The van der Waals surface area contributed by atoms with Crippen LogP contribution in [-0.4, -0.2) is 25.0 Å². The Bertz CT molecular complexity index is 414. The Hall–Kier alpha value is -0.330. The lowest BCUT2D eigenvalue weighted by Crippen LogP contribution is -2.50. The van der Waals surface area contributed by atoms with Crippen LogP contribution in [-0.2, 0) is 0 Å². The number of carbonyl (C=O) groups excluding carboxylic acids is 1. The maximum atomic E-state index is 12.1. The highest BCUT2D eigenvalue weighted by Gasteiger charge is 2.23. The summed E-state index contributed by atoms with van der Waals surface area (Å²) in [6, 6.07) is 7.92. The van der Waals surface area contributed by atoms with E-state index in [1.54, 1.807) is 0 Å². The topological polar surface area (TPSA) is 41.1 Å². The molecule has 2 N–H and O–H groups in total. The third-order valence-electron chi connectivity index (χ3n) is 3.26. The summed E-state index contributed by atoms with van der Waals surface area (Å²) < 4.78 is 0.999. The van der Waals surface area contributed by atoms with E-state index in [2.05, 4.69) is 40.1 Å². The fourth-order valence-electron chi connectivity index (χ4n) is 2.07. The molecule has 0 bridgehead atoms. The van der Waals surface area contributed by atoms with E-state index in [1.165, 1.54) is 0 Å². The summed E-state index contributed by atoms with van der Waals surface area (Å²) in [6.45, 7) is 4.12. The molecule has 100 valence electrons. The van der Waals surface area contributed by atoms with Gasteiger partial charge in [0.05, 0.1) is 5.56 Å². The molecule has 0 spiro atoms. The predicted octanol–water partition coefficient (Wildman–Crippen LogP) is 2.44. The minimum atomic E-state index is 0. The van der Waals surface area contributed by atoms with E-state index in [0.717, 1.165) is 28.6 Å². The minimum Gasteiger partial charge on any atom is -0.348 e. The SMILES string of the molecule is CC1CCNCC1NC(=O)c1ccccc1I.Cl. The Kier molecular flexibility index (Phi) is 6.38. The van der Waals surface area contributed by atoms with E-state index in [-0.39, 0.29) is 24.4 Å². The number of rotatable bonds is 2. The molecule has 0 saturated carbocycles. The maximum absolute atomic E-state index is 12.1. The highest BCUT2D eigenvalue weighted by atomic mass is 127. The zero-order valence-electron chi connectivity index (χ0n) is 10.3. The second-order valence-corrected chi connectivity index (χ2v) is 5.69. The van der Waals surface area contributed by atoms with Gasteiger partial charge in [-0.3, -0.25) is 4.79 Å². The summed E-state index contributed by atoms with van der Waals surface area (Å²) in [5, 5.41) is 6.44. The molecule has 1 aromatic rings. The summed E-state index contributed by atoms with van der Waals surface area (Å²) >= 11 is 2.20. The summed E-state index contributed by atoms with van der Waals surface area (Å²) in [6.07, 6.45) is 1.12. The van der Waals surface area contributed by atoms with Gasteiger partial charge in [0.25, 0.3) is 5.91 Å². The van der Waals surface area contributed by atoms with Crippen molar-refractivity contribution in [2.75, 3.05) is 13.1 Å². The van der Waals surface area contributed by atoms with E-state index in [9.17, 15) is 4.79 Å². The number of hydrogen-bond acceptors (Lipinski definition) is 2. The molecule has 1 saturated heterocycles. The van der Waals surface area contributed by atoms with Crippen LogP contribution < -0.4 is 10.6 Å². The summed E-state index contributed by atoms with van der Waals surface area (Å²) in [4.78, 5) is 12.1. The molecular formula is C13H18ClIN2O. The fourth-order valence-corrected chi connectivity index (χ4v) is 2.71. The monoisotopic (exact) mass is 380 g/mol. The molecule has 1 aliphatic rings. The van der Waals surface area contributed by atoms with Crippen LogP contribution in [0.25, 0.3) is 0 Å². The van der Waals surface area contributed by atoms with Crippen LogP contribution in [0, 0.1) is 9.49 Å². The molecule has 2 atom stereocenters. The van der Waals surface area contributed by atoms with Gasteiger partial charge in [-0.25, -0.2) is 0 Å². The molecule has 0 radical (unpaired) electrons. The van der Waals surface area contributed by atoms with Gasteiger partial charge in [0, 0.05) is 16.2 Å². The van der Waals surface area contributed by atoms with Crippen molar-refractivity contribution in [3.8, 4) is 0 Å². The van der Waals surface area contributed by atoms with Gasteiger partial charge >= 0.3 is 0 Å². The fraction of sp³-hybridized carbons (Fsp3) is 0.462. The van der Waals surface area contributed by atoms with E-state index in [1.807, 2.05) is 24.3 Å². The lowest BCUT2D eigenvalue weighted by Gasteiger charge is -2.30. The number of carbonyl (C=O) groups is 1.